The third kappa shape index (κ3) is 2.16. The van der Waals surface area contributed by atoms with E-state index in [1.165, 1.54) is 29.4 Å². The van der Waals surface area contributed by atoms with Gasteiger partial charge in [-0.25, -0.2) is 0 Å². The fourth-order valence-corrected chi connectivity index (χ4v) is 5.09. The van der Waals surface area contributed by atoms with E-state index in [0.717, 1.165) is 18.3 Å². The Labute approximate surface area is 121 Å². The summed E-state index contributed by atoms with van der Waals surface area (Å²) < 4.78 is 0. The van der Waals surface area contributed by atoms with Crippen LogP contribution in [0.1, 0.15) is 43.5 Å². The molecule has 106 valence electrons. The maximum Gasteiger partial charge on any atom is 0.0418 e. The molecule has 2 fully saturated rings. The van der Waals surface area contributed by atoms with Crippen molar-refractivity contribution >= 4 is 11.3 Å². The number of hydrogen-bond acceptors (Lipinski definition) is 3. The van der Waals surface area contributed by atoms with Gasteiger partial charge in [0.1, 0.15) is 0 Å². The second-order valence-corrected chi connectivity index (χ2v) is 7.86. The van der Waals surface area contributed by atoms with E-state index in [0.29, 0.717) is 11.6 Å². The van der Waals surface area contributed by atoms with Crippen molar-refractivity contribution in [1.29, 1.82) is 0 Å². The van der Waals surface area contributed by atoms with Gasteiger partial charge in [-0.2, -0.15) is 0 Å². The van der Waals surface area contributed by atoms with Gasteiger partial charge in [-0.1, -0.05) is 6.92 Å². The molecule has 1 N–H and O–H groups in total. The Kier molecular flexibility index (Phi) is 3.48. The Hall–Kier alpha value is -0.380. The summed E-state index contributed by atoms with van der Waals surface area (Å²) in [7, 11) is 0. The summed E-state index contributed by atoms with van der Waals surface area (Å²) in [5.41, 5.74) is 0.323. The van der Waals surface area contributed by atoms with Crippen LogP contribution in [0.2, 0.25) is 0 Å². The number of hydrogen-bond donors (Lipinski definition) is 1. The molecule has 1 aromatic rings. The molecule has 2 aliphatic rings. The number of aryl methyl sites for hydroxylation is 1. The zero-order valence-electron chi connectivity index (χ0n) is 12.6. The van der Waals surface area contributed by atoms with Gasteiger partial charge in [0.2, 0.25) is 0 Å². The molecule has 3 rings (SSSR count). The lowest BCUT2D eigenvalue weighted by Crippen LogP contribution is -2.45. The molecule has 19 heavy (non-hydrogen) atoms. The molecule has 2 nitrogen and oxygen atoms in total. The summed E-state index contributed by atoms with van der Waals surface area (Å²) in [6, 6.07) is 5.21. The van der Waals surface area contributed by atoms with Crippen LogP contribution in [-0.4, -0.2) is 30.1 Å². The summed E-state index contributed by atoms with van der Waals surface area (Å²) in [6.45, 7) is 13.2. The van der Waals surface area contributed by atoms with Crippen molar-refractivity contribution in [2.75, 3.05) is 19.6 Å². The number of likely N-dealkylation sites (tertiary alicyclic amines) is 1. The minimum atomic E-state index is 0.323. The Morgan fingerprint density at radius 2 is 2.21 bits per heavy atom. The highest BCUT2D eigenvalue weighted by Crippen LogP contribution is 2.45. The molecular weight excluding hydrogens is 252 g/mol. The van der Waals surface area contributed by atoms with Crippen LogP contribution in [0, 0.1) is 11.8 Å². The molecular formula is C16H26N2S. The van der Waals surface area contributed by atoms with E-state index in [4.69, 9.17) is 0 Å². The number of nitrogens with one attached hydrogen (secondary N) is 1. The quantitative estimate of drug-likeness (QED) is 0.912. The van der Waals surface area contributed by atoms with Gasteiger partial charge in [-0.15, -0.1) is 11.3 Å². The van der Waals surface area contributed by atoms with Crippen LogP contribution in [0.25, 0.3) is 0 Å². The maximum atomic E-state index is 3.57. The van der Waals surface area contributed by atoms with Crippen LogP contribution in [0.3, 0.4) is 0 Å². The molecule has 0 aromatic carbocycles. The Morgan fingerprint density at radius 1 is 1.42 bits per heavy atom. The Balaban J connectivity index is 1.82. The first-order chi connectivity index (χ1) is 9.04. The molecule has 0 aliphatic carbocycles. The van der Waals surface area contributed by atoms with Gasteiger partial charge in [-0.3, -0.25) is 4.90 Å². The Bertz CT molecular complexity index is 451. The SMILES string of the molecule is CCc1ccc(C(C)N2CC3CNCC3C2(C)C)s1. The molecule has 0 amide bonds. The smallest absolute Gasteiger partial charge is 0.0418 e. The summed E-state index contributed by atoms with van der Waals surface area (Å²) in [4.78, 5) is 5.80. The van der Waals surface area contributed by atoms with Gasteiger partial charge in [0, 0.05) is 34.4 Å². The minimum Gasteiger partial charge on any atom is -0.316 e. The van der Waals surface area contributed by atoms with Gasteiger partial charge in [0.15, 0.2) is 0 Å². The van der Waals surface area contributed by atoms with Crippen molar-refractivity contribution in [3.8, 4) is 0 Å². The normalized spacial score (nSPS) is 31.6. The second-order valence-electron chi connectivity index (χ2n) is 6.66. The molecule has 0 bridgehead atoms. The first kappa shape index (κ1) is 13.6. The molecule has 2 aliphatic heterocycles. The number of rotatable bonds is 3. The van der Waals surface area contributed by atoms with Gasteiger partial charge < -0.3 is 5.32 Å². The fraction of sp³-hybridized carbons (Fsp3) is 0.750. The predicted molar refractivity (Wildman–Crippen MR) is 82.7 cm³/mol. The summed E-state index contributed by atoms with van der Waals surface area (Å²) in [5.74, 6) is 1.67. The molecule has 3 heterocycles. The van der Waals surface area contributed by atoms with Crippen molar-refractivity contribution in [2.45, 2.75) is 45.7 Å². The van der Waals surface area contributed by atoms with Crippen molar-refractivity contribution in [1.82, 2.24) is 10.2 Å². The van der Waals surface area contributed by atoms with Crippen LogP contribution >= 0.6 is 11.3 Å². The van der Waals surface area contributed by atoms with E-state index >= 15 is 0 Å². The van der Waals surface area contributed by atoms with E-state index in [-0.39, 0.29) is 0 Å². The van der Waals surface area contributed by atoms with Gasteiger partial charge in [0.25, 0.3) is 0 Å². The van der Waals surface area contributed by atoms with Crippen molar-refractivity contribution in [2.24, 2.45) is 11.8 Å². The molecule has 3 heteroatoms. The topological polar surface area (TPSA) is 15.3 Å². The minimum absolute atomic E-state index is 0.323. The van der Waals surface area contributed by atoms with Crippen LogP contribution in [0.4, 0.5) is 0 Å². The number of nitrogens with zero attached hydrogens (tertiary/aromatic N) is 1. The molecule has 1 aromatic heterocycles. The van der Waals surface area contributed by atoms with E-state index < -0.39 is 0 Å². The first-order valence-electron chi connectivity index (χ1n) is 7.60. The van der Waals surface area contributed by atoms with Crippen LogP contribution < -0.4 is 5.32 Å². The molecule has 3 unspecified atom stereocenters. The lowest BCUT2D eigenvalue weighted by atomic mass is 9.84. The van der Waals surface area contributed by atoms with Crippen molar-refractivity contribution in [3.63, 3.8) is 0 Å². The highest BCUT2D eigenvalue weighted by atomic mass is 32.1. The summed E-state index contributed by atoms with van der Waals surface area (Å²) >= 11 is 2.00. The Morgan fingerprint density at radius 3 is 2.84 bits per heavy atom. The zero-order valence-corrected chi connectivity index (χ0v) is 13.4. The number of thiophene rings is 1. The maximum absolute atomic E-state index is 3.57. The van der Waals surface area contributed by atoms with E-state index in [1.54, 1.807) is 0 Å². The standard InChI is InChI=1S/C16H26N2S/c1-5-13-6-7-15(19-13)11(2)18-10-12-8-17-9-14(12)16(18,3)4/h6-7,11-12,14,17H,5,8-10H2,1-4H3. The third-order valence-corrected chi connectivity index (χ3v) is 6.73. The third-order valence-electron chi connectivity index (χ3n) is 5.33. The second kappa shape index (κ2) is 4.87. The predicted octanol–water partition coefficient (Wildman–Crippen LogP) is 3.30. The van der Waals surface area contributed by atoms with Crippen molar-refractivity contribution < 1.29 is 0 Å². The van der Waals surface area contributed by atoms with Gasteiger partial charge in [0.05, 0.1) is 0 Å². The summed E-state index contributed by atoms with van der Waals surface area (Å²) in [5, 5.41) is 3.57. The first-order valence-corrected chi connectivity index (χ1v) is 8.41. The zero-order chi connectivity index (χ0) is 13.6. The van der Waals surface area contributed by atoms with Gasteiger partial charge >= 0.3 is 0 Å². The van der Waals surface area contributed by atoms with E-state index in [2.05, 4.69) is 50.0 Å². The van der Waals surface area contributed by atoms with E-state index in [9.17, 15) is 0 Å². The molecule has 2 saturated heterocycles. The monoisotopic (exact) mass is 278 g/mol. The molecule has 0 saturated carbocycles. The largest absolute Gasteiger partial charge is 0.316 e. The number of fused-ring (bicyclic) bond motifs is 1. The van der Waals surface area contributed by atoms with E-state index in [1.807, 2.05) is 11.3 Å². The highest BCUT2D eigenvalue weighted by Gasteiger charge is 2.50. The fourth-order valence-electron chi connectivity index (χ4n) is 4.07. The average Bonchev–Trinajstić information content (AvgIpc) is 3.06. The lowest BCUT2D eigenvalue weighted by molar-refractivity contribution is 0.0987. The van der Waals surface area contributed by atoms with Crippen molar-refractivity contribution in [3.05, 3.63) is 21.9 Å². The van der Waals surface area contributed by atoms with Crippen LogP contribution in [-0.2, 0) is 6.42 Å². The summed E-state index contributed by atoms with van der Waals surface area (Å²) in [6.07, 6.45) is 1.16. The average molecular weight is 278 g/mol. The molecule has 3 atom stereocenters. The molecule has 0 radical (unpaired) electrons. The lowest BCUT2D eigenvalue weighted by Gasteiger charge is -2.39. The van der Waals surface area contributed by atoms with Crippen LogP contribution in [0.5, 0.6) is 0 Å². The van der Waals surface area contributed by atoms with Gasteiger partial charge in [-0.05, 0) is 57.7 Å². The molecule has 0 spiro atoms. The highest BCUT2D eigenvalue weighted by molar-refractivity contribution is 7.12. The van der Waals surface area contributed by atoms with Crippen LogP contribution in [0.15, 0.2) is 12.1 Å².